The van der Waals surface area contributed by atoms with Crippen molar-refractivity contribution in [3.63, 3.8) is 0 Å². The fourth-order valence-electron chi connectivity index (χ4n) is 4.11. The minimum Gasteiger partial charge on any atom is -0.476 e. The van der Waals surface area contributed by atoms with Crippen LogP contribution in [0.2, 0.25) is 0 Å². The summed E-state index contributed by atoms with van der Waals surface area (Å²) in [4.78, 5) is 37.9. The van der Waals surface area contributed by atoms with Gasteiger partial charge in [0.2, 0.25) is 0 Å². The summed E-state index contributed by atoms with van der Waals surface area (Å²) >= 11 is 0. The molecule has 0 radical (unpaired) electrons. The summed E-state index contributed by atoms with van der Waals surface area (Å²) in [5.74, 6) is 0.927. The summed E-state index contributed by atoms with van der Waals surface area (Å²) in [5, 5.41) is 16.5. The van der Waals surface area contributed by atoms with E-state index in [0.29, 0.717) is 19.0 Å². The minimum atomic E-state index is -1.16. The number of aromatic nitrogens is 5. The number of hydrogen-bond donors (Lipinski definition) is 2. The Balaban J connectivity index is 1.43. The fraction of sp³-hybridized carbons (Fsp3) is 0.579. The van der Waals surface area contributed by atoms with Crippen molar-refractivity contribution in [2.75, 3.05) is 13.1 Å². The molecule has 4 rings (SSSR count). The molecule has 1 saturated heterocycles. The Bertz CT molecular complexity index is 844. The molecule has 9 heteroatoms. The lowest BCUT2D eigenvalue weighted by molar-refractivity contribution is 0.0676. The predicted octanol–water partition coefficient (Wildman–Crippen LogP) is 2.36. The van der Waals surface area contributed by atoms with E-state index in [9.17, 15) is 9.59 Å². The molecule has 2 aromatic heterocycles. The maximum atomic E-state index is 12.7. The molecule has 2 aliphatic rings. The standard InChI is InChI=1S/C19H24N6O3/c26-18(14-9-21-15(10-20-14)19(27)28)25-8-4-7-13(11-25)17-22-16(23-24-17)12-5-2-1-3-6-12/h9-10,12-13H,1-8,11H2,(H,27,28)(H,22,23,24). The normalized spacial score (nSPS) is 20.9. The summed E-state index contributed by atoms with van der Waals surface area (Å²) in [6, 6.07) is 0. The smallest absolute Gasteiger partial charge is 0.356 e. The Morgan fingerprint density at radius 3 is 2.43 bits per heavy atom. The fourth-order valence-corrected chi connectivity index (χ4v) is 4.11. The van der Waals surface area contributed by atoms with Crippen LogP contribution in [0.15, 0.2) is 12.4 Å². The van der Waals surface area contributed by atoms with Crippen LogP contribution >= 0.6 is 0 Å². The van der Waals surface area contributed by atoms with Crippen LogP contribution in [0.5, 0.6) is 0 Å². The highest BCUT2D eigenvalue weighted by Crippen LogP contribution is 2.32. The van der Waals surface area contributed by atoms with Crippen LogP contribution < -0.4 is 0 Å². The second kappa shape index (κ2) is 8.04. The van der Waals surface area contributed by atoms with Crippen molar-refractivity contribution < 1.29 is 14.7 Å². The summed E-state index contributed by atoms with van der Waals surface area (Å²) in [7, 11) is 0. The molecule has 0 bridgehead atoms. The number of carbonyl (C=O) groups is 2. The van der Waals surface area contributed by atoms with Gasteiger partial charge in [0, 0.05) is 24.9 Å². The number of amides is 1. The van der Waals surface area contributed by atoms with Gasteiger partial charge in [-0.05, 0) is 25.7 Å². The van der Waals surface area contributed by atoms with Crippen LogP contribution in [0.25, 0.3) is 0 Å². The average molecular weight is 384 g/mol. The van der Waals surface area contributed by atoms with Crippen molar-refractivity contribution >= 4 is 11.9 Å². The van der Waals surface area contributed by atoms with Gasteiger partial charge >= 0.3 is 5.97 Å². The number of carboxylic acid groups (broad SMARTS) is 1. The van der Waals surface area contributed by atoms with Gasteiger partial charge in [0.25, 0.3) is 5.91 Å². The first-order valence-electron chi connectivity index (χ1n) is 9.88. The molecule has 0 aromatic carbocycles. The molecule has 1 unspecified atom stereocenters. The molecule has 2 aromatic rings. The molecule has 1 amide bonds. The van der Waals surface area contributed by atoms with Gasteiger partial charge in [0.05, 0.1) is 12.4 Å². The number of nitrogens with one attached hydrogen (secondary N) is 1. The third-order valence-corrected chi connectivity index (χ3v) is 5.68. The van der Waals surface area contributed by atoms with Gasteiger partial charge < -0.3 is 10.0 Å². The third kappa shape index (κ3) is 3.88. The first-order valence-corrected chi connectivity index (χ1v) is 9.88. The number of likely N-dealkylation sites (tertiary alicyclic amines) is 1. The predicted molar refractivity (Wildman–Crippen MR) is 99.1 cm³/mol. The number of H-pyrrole nitrogens is 1. The van der Waals surface area contributed by atoms with Crippen molar-refractivity contribution in [3.8, 4) is 0 Å². The number of rotatable bonds is 4. The molecule has 1 aliphatic heterocycles. The van der Waals surface area contributed by atoms with Gasteiger partial charge in [-0.15, -0.1) is 0 Å². The van der Waals surface area contributed by atoms with Gasteiger partial charge in [-0.2, -0.15) is 5.10 Å². The van der Waals surface area contributed by atoms with Gasteiger partial charge in [0.1, 0.15) is 11.5 Å². The van der Waals surface area contributed by atoms with E-state index in [-0.39, 0.29) is 23.2 Å². The molecule has 2 fully saturated rings. The second-order valence-electron chi connectivity index (χ2n) is 7.60. The molecule has 2 N–H and O–H groups in total. The van der Waals surface area contributed by atoms with Crippen molar-refractivity contribution in [2.24, 2.45) is 0 Å². The van der Waals surface area contributed by atoms with E-state index in [4.69, 9.17) is 10.1 Å². The maximum absolute atomic E-state index is 12.7. The van der Waals surface area contributed by atoms with Gasteiger partial charge in [-0.3, -0.25) is 9.89 Å². The number of carboxylic acids is 1. The van der Waals surface area contributed by atoms with Crippen LogP contribution in [0, 0.1) is 0 Å². The summed E-state index contributed by atoms with van der Waals surface area (Å²) < 4.78 is 0. The molecular formula is C19H24N6O3. The number of carbonyl (C=O) groups excluding carboxylic acids is 1. The molecule has 1 aliphatic carbocycles. The monoisotopic (exact) mass is 384 g/mol. The highest BCUT2D eigenvalue weighted by molar-refractivity contribution is 5.92. The molecule has 1 saturated carbocycles. The van der Waals surface area contributed by atoms with Gasteiger partial charge in [0.15, 0.2) is 11.5 Å². The van der Waals surface area contributed by atoms with Crippen molar-refractivity contribution in [3.05, 3.63) is 35.4 Å². The number of nitrogens with zero attached hydrogens (tertiary/aromatic N) is 5. The molecule has 1 atom stereocenters. The number of aromatic amines is 1. The van der Waals surface area contributed by atoms with Crippen molar-refractivity contribution in [1.82, 2.24) is 30.0 Å². The summed E-state index contributed by atoms with van der Waals surface area (Å²) in [5.41, 5.74) is -0.0208. The van der Waals surface area contributed by atoms with Crippen LogP contribution in [0.4, 0.5) is 0 Å². The Labute approximate surface area is 162 Å². The molecule has 28 heavy (non-hydrogen) atoms. The van der Waals surface area contributed by atoms with Crippen molar-refractivity contribution in [1.29, 1.82) is 0 Å². The SMILES string of the molecule is O=C(O)c1cnc(C(=O)N2CCCC(c3n[nH]c(C4CCCCC4)n3)C2)cn1. The zero-order valence-corrected chi connectivity index (χ0v) is 15.7. The van der Waals surface area contributed by atoms with Crippen LogP contribution in [-0.2, 0) is 0 Å². The largest absolute Gasteiger partial charge is 0.476 e. The maximum Gasteiger partial charge on any atom is 0.356 e. The first kappa shape index (κ1) is 18.5. The summed E-state index contributed by atoms with van der Waals surface area (Å²) in [6.07, 6.45) is 10.3. The zero-order chi connectivity index (χ0) is 19.5. The van der Waals surface area contributed by atoms with Crippen LogP contribution in [0.1, 0.15) is 89.4 Å². The highest BCUT2D eigenvalue weighted by Gasteiger charge is 2.29. The van der Waals surface area contributed by atoms with E-state index in [2.05, 4.69) is 20.2 Å². The number of aromatic carboxylic acids is 1. The second-order valence-corrected chi connectivity index (χ2v) is 7.60. The van der Waals surface area contributed by atoms with E-state index in [0.717, 1.165) is 43.5 Å². The quantitative estimate of drug-likeness (QED) is 0.829. The van der Waals surface area contributed by atoms with Crippen molar-refractivity contribution in [2.45, 2.75) is 56.8 Å². The Morgan fingerprint density at radius 2 is 1.71 bits per heavy atom. The third-order valence-electron chi connectivity index (χ3n) is 5.68. The van der Waals surface area contributed by atoms with E-state index < -0.39 is 5.97 Å². The Morgan fingerprint density at radius 1 is 1.00 bits per heavy atom. The van der Waals surface area contributed by atoms with E-state index in [1.165, 1.54) is 25.5 Å². The van der Waals surface area contributed by atoms with E-state index in [1.807, 2.05) is 0 Å². The van der Waals surface area contributed by atoms with Crippen LogP contribution in [0.3, 0.4) is 0 Å². The zero-order valence-electron chi connectivity index (χ0n) is 15.7. The lowest BCUT2D eigenvalue weighted by Crippen LogP contribution is -2.39. The minimum absolute atomic E-state index is 0.0949. The highest BCUT2D eigenvalue weighted by atomic mass is 16.4. The van der Waals surface area contributed by atoms with Gasteiger partial charge in [-0.1, -0.05) is 19.3 Å². The Hall–Kier alpha value is -2.84. The molecular weight excluding hydrogens is 360 g/mol. The molecule has 0 spiro atoms. The average Bonchev–Trinajstić information content (AvgIpc) is 3.24. The molecule has 148 valence electrons. The molecule has 9 nitrogen and oxygen atoms in total. The summed E-state index contributed by atoms with van der Waals surface area (Å²) in [6.45, 7) is 1.17. The lowest BCUT2D eigenvalue weighted by atomic mass is 9.89. The topological polar surface area (TPSA) is 125 Å². The first-order chi connectivity index (χ1) is 13.6. The molecule has 3 heterocycles. The van der Waals surface area contributed by atoms with Crippen LogP contribution in [-0.4, -0.2) is 60.1 Å². The van der Waals surface area contributed by atoms with E-state index >= 15 is 0 Å². The Kier molecular flexibility index (Phi) is 5.31. The van der Waals surface area contributed by atoms with Gasteiger partial charge in [-0.25, -0.2) is 19.7 Å². The number of piperidine rings is 1. The van der Waals surface area contributed by atoms with E-state index in [1.54, 1.807) is 4.90 Å². The lowest BCUT2D eigenvalue weighted by Gasteiger charge is -2.31. The number of hydrogen-bond acceptors (Lipinski definition) is 6.